The summed E-state index contributed by atoms with van der Waals surface area (Å²) in [6, 6.07) is 8.54. The number of hydrogen-bond acceptors (Lipinski definition) is 3. The first-order valence-electron chi connectivity index (χ1n) is 7.47. The summed E-state index contributed by atoms with van der Waals surface area (Å²) in [4.78, 5) is 4.10. The lowest BCUT2D eigenvalue weighted by molar-refractivity contribution is 0.301. The first-order valence-corrected chi connectivity index (χ1v) is 7.47. The van der Waals surface area contributed by atoms with Crippen LogP contribution in [-0.4, -0.2) is 11.0 Å². The molecule has 0 aliphatic carbocycles. The highest BCUT2D eigenvalue weighted by molar-refractivity contribution is 5.43. The Morgan fingerprint density at radius 3 is 2.48 bits per heavy atom. The Hall–Kier alpha value is -1.87. The molecule has 1 atom stereocenters. The van der Waals surface area contributed by atoms with Gasteiger partial charge < -0.3 is 10.5 Å². The van der Waals surface area contributed by atoms with Crippen molar-refractivity contribution >= 4 is 0 Å². The van der Waals surface area contributed by atoms with Gasteiger partial charge in [-0.2, -0.15) is 0 Å². The summed E-state index contributed by atoms with van der Waals surface area (Å²) in [6.45, 7) is 6.85. The van der Waals surface area contributed by atoms with Crippen molar-refractivity contribution in [2.24, 2.45) is 5.73 Å². The van der Waals surface area contributed by atoms with E-state index in [9.17, 15) is 0 Å². The van der Waals surface area contributed by atoms with Crippen molar-refractivity contribution in [3.8, 4) is 5.75 Å². The van der Waals surface area contributed by atoms with Crippen LogP contribution < -0.4 is 10.5 Å². The van der Waals surface area contributed by atoms with Gasteiger partial charge in [-0.3, -0.25) is 4.98 Å². The van der Waals surface area contributed by atoms with Gasteiger partial charge in [-0.15, -0.1) is 0 Å². The molecule has 21 heavy (non-hydrogen) atoms. The van der Waals surface area contributed by atoms with Crippen molar-refractivity contribution in [3.63, 3.8) is 0 Å². The monoisotopic (exact) mass is 284 g/mol. The molecule has 0 saturated heterocycles. The van der Waals surface area contributed by atoms with Crippen LogP contribution >= 0.6 is 0 Å². The zero-order chi connectivity index (χ0) is 15.2. The third-order valence-electron chi connectivity index (χ3n) is 3.65. The summed E-state index contributed by atoms with van der Waals surface area (Å²) in [6.07, 6.45) is 5.52. The molecule has 2 N–H and O–H groups in total. The Morgan fingerprint density at radius 2 is 1.90 bits per heavy atom. The van der Waals surface area contributed by atoms with E-state index in [4.69, 9.17) is 10.5 Å². The number of nitrogens with two attached hydrogens (primary N) is 1. The summed E-state index contributed by atoms with van der Waals surface area (Å²) < 4.78 is 5.97. The van der Waals surface area contributed by atoms with Crippen molar-refractivity contribution in [2.75, 3.05) is 0 Å². The lowest BCUT2D eigenvalue weighted by Crippen LogP contribution is -2.21. The van der Waals surface area contributed by atoms with Crippen LogP contribution in [0.2, 0.25) is 0 Å². The number of ether oxygens (including phenoxy) is 1. The Balaban J connectivity index is 2.10. The van der Waals surface area contributed by atoms with Crippen molar-refractivity contribution < 1.29 is 4.74 Å². The third kappa shape index (κ3) is 4.30. The zero-order valence-electron chi connectivity index (χ0n) is 13.1. The van der Waals surface area contributed by atoms with E-state index in [1.807, 2.05) is 18.3 Å². The molecule has 1 unspecified atom stereocenters. The fourth-order valence-electron chi connectivity index (χ4n) is 2.47. The van der Waals surface area contributed by atoms with Crippen LogP contribution in [0.1, 0.15) is 35.6 Å². The molecule has 3 nitrogen and oxygen atoms in total. The molecule has 2 aromatic rings. The average molecular weight is 284 g/mol. The van der Waals surface area contributed by atoms with Crippen LogP contribution in [0.15, 0.2) is 36.7 Å². The van der Waals surface area contributed by atoms with Crippen LogP contribution in [0.3, 0.4) is 0 Å². The predicted octanol–water partition coefficient (Wildman–Crippen LogP) is 3.56. The fraction of sp³-hybridized carbons (Fsp3) is 0.389. The second kappa shape index (κ2) is 7.23. The number of aryl methyl sites for hydroxylation is 2. The van der Waals surface area contributed by atoms with Crippen molar-refractivity contribution in [1.82, 2.24) is 4.98 Å². The van der Waals surface area contributed by atoms with Gasteiger partial charge in [0.05, 0.1) is 0 Å². The van der Waals surface area contributed by atoms with Crippen LogP contribution in [0, 0.1) is 13.8 Å². The molecule has 0 spiro atoms. The molecular weight excluding hydrogens is 260 g/mol. The normalized spacial score (nSPS) is 12.2. The van der Waals surface area contributed by atoms with E-state index in [-0.39, 0.29) is 6.04 Å². The number of nitrogens with zero attached hydrogens (tertiary/aromatic N) is 1. The number of pyridine rings is 1. The number of aromatic nitrogens is 1. The summed E-state index contributed by atoms with van der Waals surface area (Å²) in [7, 11) is 0. The predicted molar refractivity (Wildman–Crippen MR) is 86.5 cm³/mol. The van der Waals surface area contributed by atoms with E-state index in [1.165, 1.54) is 5.56 Å². The number of benzene rings is 1. The standard InChI is InChI=1S/C18H24N2O/c1-4-17(19)10-16-8-13(2)18(14(3)9-16)21-12-15-6-5-7-20-11-15/h5-9,11,17H,4,10,12,19H2,1-3H3. The maximum absolute atomic E-state index is 6.04. The van der Waals surface area contributed by atoms with Gasteiger partial charge in [0.25, 0.3) is 0 Å². The van der Waals surface area contributed by atoms with Gasteiger partial charge in [-0.25, -0.2) is 0 Å². The second-order valence-corrected chi connectivity index (χ2v) is 5.58. The molecule has 3 heteroatoms. The minimum absolute atomic E-state index is 0.228. The lowest BCUT2D eigenvalue weighted by atomic mass is 9.99. The Bertz CT molecular complexity index is 558. The molecule has 0 fully saturated rings. The maximum Gasteiger partial charge on any atom is 0.125 e. The average Bonchev–Trinajstić information content (AvgIpc) is 2.47. The van der Waals surface area contributed by atoms with Gasteiger partial charge in [-0.05, 0) is 49.4 Å². The molecule has 0 saturated carbocycles. The molecule has 2 rings (SSSR count). The zero-order valence-corrected chi connectivity index (χ0v) is 13.1. The highest BCUT2D eigenvalue weighted by Crippen LogP contribution is 2.26. The van der Waals surface area contributed by atoms with Gasteiger partial charge >= 0.3 is 0 Å². The summed E-state index contributed by atoms with van der Waals surface area (Å²) in [5, 5.41) is 0. The van der Waals surface area contributed by atoms with Gasteiger partial charge in [0.2, 0.25) is 0 Å². The van der Waals surface area contributed by atoms with E-state index in [0.717, 1.165) is 35.3 Å². The van der Waals surface area contributed by atoms with E-state index in [1.54, 1.807) is 6.20 Å². The number of rotatable bonds is 6. The minimum Gasteiger partial charge on any atom is -0.488 e. The Morgan fingerprint density at radius 1 is 1.19 bits per heavy atom. The highest BCUT2D eigenvalue weighted by atomic mass is 16.5. The van der Waals surface area contributed by atoms with Crippen molar-refractivity contribution in [2.45, 2.75) is 46.3 Å². The molecule has 0 aliphatic rings. The van der Waals surface area contributed by atoms with E-state index >= 15 is 0 Å². The van der Waals surface area contributed by atoms with Crippen LogP contribution in [0.25, 0.3) is 0 Å². The third-order valence-corrected chi connectivity index (χ3v) is 3.65. The molecule has 1 aromatic carbocycles. The van der Waals surface area contributed by atoms with Gasteiger partial charge in [-0.1, -0.05) is 25.1 Å². The smallest absolute Gasteiger partial charge is 0.125 e. The van der Waals surface area contributed by atoms with E-state index in [2.05, 4.69) is 37.9 Å². The summed E-state index contributed by atoms with van der Waals surface area (Å²) >= 11 is 0. The lowest BCUT2D eigenvalue weighted by Gasteiger charge is -2.15. The Labute approximate surface area is 127 Å². The molecular formula is C18H24N2O. The Kier molecular flexibility index (Phi) is 5.34. The molecule has 0 aliphatic heterocycles. The number of hydrogen-bond donors (Lipinski definition) is 1. The molecule has 0 amide bonds. The van der Waals surface area contributed by atoms with Gasteiger partial charge in [0, 0.05) is 24.0 Å². The van der Waals surface area contributed by atoms with Crippen LogP contribution in [0.5, 0.6) is 5.75 Å². The largest absolute Gasteiger partial charge is 0.488 e. The van der Waals surface area contributed by atoms with Gasteiger partial charge in [0.15, 0.2) is 0 Å². The van der Waals surface area contributed by atoms with E-state index < -0.39 is 0 Å². The molecule has 0 radical (unpaired) electrons. The minimum atomic E-state index is 0.228. The van der Waals surface area contributed by atoms with Crippen molar-refractivity contribution in [1.29, 1.82) is 0 Å². The molecule has 1 heterocycles. The van der Waals surface area contributed by atoms with E-state index in [0.29, 0.717) is 6.61 Å². The second-order valence-electron chi connectivity index (χ2n) is 5.58. The fourth-order valence-corrected chi connectivity index (χ4v) is 2.47. The first-order chi connectivity index (χ1) is 10.1. The quantitative estimate of drug-likeness (QED) is 0.882. The summed E-state index contributed by atoms with van der Waals surface area (Å²) in [5.41, 5.74) is 10.7. The molecule has 1 aromatic heterocycles. The highest BCUT2D eigenvalue weighted by Gasteiger charge is 2.09. The first kappa shape index (κ1) is 15.5. The topological polar surface area (TPSA) is 48.1 Å². The van der Waals surface area contributed by atoms with Crippen LogP contribution in [-0.2, 0) is 13.0 Å². The SMILES string of the molecule is CCC(N)Cc1cc(C)c(OCc2cccnc2)c(C)c1. The molecule has 0 bridgehead atoms. The summed E-state index contributed by atoms with van der Waals surface area (Å²) in [5.74, 6) is 0.965. The van der Waals surface area contributed by atoms with Crippen LogP contribution in [0.4, 0.5) is 0 Å². The van der Waals surface area contributed by atoms with Crippen molar-refractivity contribution in [3.05, 3.63) is 58.9 Å². The van der Waals surface area contributed by atoms with Gasteiger partial charge in [0.1, 0.15) is 12.4 Å². The maximum atomic E-state index is 6.04. The molecule has 112 valence electrons.